The SMILES string of the molecule is CCOc1cc(-c2ccc(OC)cc2)nc2ccc(NC(=O)c3cc(OC)c(OC)c(OC)c3)cc12. The molecule has 0 saturated heterocycles. The first-order valence-electron chi connectivity index (χ1n) is 11.3. The summed E-state index contributed by atoms with van der Waals surface area (Å²) in [5, 5.41) is 3.72. The molecule has 1 N–H and O–H groups in total. The van der Waals surface area contributed by atoms with Crippen LogP contribution in [-0.2, 0) is 0 Å². The average molecular weight is 489 g/mol. The summed E-state index contributed by atoms with van der Waals surface area (Å²) in [5.74, 6) is 2.34. The summed E-state index contributed by atoms with van der Waals surface area (Å²) in [7, 11) is 6.16. The minimum Gasteiger partial charge on any atom is -0.497 e. The van der Waals surface area contributed by atoms with Crippen LogP contribution in [0.1, 0.15) is 17.3 Å². The average Bonchev–Trinajstić information content (AvgIpc) is 2.92. The zero-order valence-corrected chi connectivity index (χ0v) is 20.9. The molecule has 8 nitrogen and oxygen atoms in total. The van der Waals surface area contributed by atoms with E-state index in [0.717, 1.165) is 27.9 Å². The number of rotatable bonds is 9. The number of hydrogen-bond donors (Lipinski definition) is 1. The van der Waals surface area contributed by atoms with Gasteiger partial charge in [0.2, 0.25) is 5.75 Å². The van der Waals surface area contributed by atoms with Gasteiger partial charge in [0, 0.05) is 28.3 Å². The van der Waals surface area contributed by atoms with Crippen LogP contribution in [0.15, 0.2) is 60.7 Å². The third-order valence-corrected chi connectivity index (χ3v) is 5.64. The Bertz CT molecular complexity index is 1360. The fourth-order valence-corrected chi connectivity index (χ4v) is 3.87. The Hall–Kier alpha value is -4.46. The van der Waals surface area contributed by atoms with Crippen LogP contribution in [0.2, 0.25) is 0 Å². The molecule has 4 aromatic rings. The number of hydrogen-bond acceptors (Lipinski definition) is 7. The minimum atomic E-state index is -0.325. The van der Waals surface area contributed by atoms with Gasteiger partial charge in [-0.05, 0) is 61.5 Å². The van der Waals surface area contributed by atoms with Gasteiger partial charge < -0.3 is 29.0 Å². The maximum Gasteiger partial charge on any atom is 0.255 e. The molecule has 4 rings (SSSR count). The van der Waals surface area contributed by atoms with Crippen molar-refractivity contribution in [3.63, 3.8) is 0 Å². The molecule has 0 aliphatic rings. The maximum atomic E-state index is 13.1. The molecular formula is C28H28N2O6. The second-order valence-electron chi connectivity index (χ2n) is 7.77. The van der Waals surface area contributed by atoms with Crippen molar-refractivity contribution in [3.05, 3.63) is 66.2 Å². The molecule has 0 saturated carbocycles. The first-order chi connectivity index (χ1) is 17.5. The predicted molar refractivity (Wildman–Crippen MR) is 139 cm³/mol. The first-order valence-corrected chi connectivity index (χ1v) is 11.3. The van der Waals surface area contributed by atoms with E-state index in [1.165, 1.54) is 21.3 Å². The summed E-state index contributed by atoms with van der Waals surface area (Å²) >= 11 is 0. The molecule has 186 valence electrons. The van der Waals surface area contributed by atoms with Crippen LogP contribution >= 0.6 is 0 Å². The molecule has 0 atom stereocenters. The van der Waals surface area contributed by atoms with Crippen molar-refractivity contribution in [1.29, 1.82) is 0 Å². The van der Waals surface area contributed by atoms with E-state index >= 15 is 0 Å². The topological polar surface area (TPSA) is 88.1 Å². The van der Waals surface area contributed by atoms with Crippen molar-refractivity contribution < 1.29 is 28.5 Å². The number of nitrogens with one attached hydrogen (secondary N) is 1. The van der Waals surface area contributed by atoms with Gasteiger partial charge in [0.25, 0.3) is 5.91 Å². The number of aromatic nitrogens is 1. The van der Waals surface area contributed by atoms with Crippen LogP contribution in [0.4, 0.5) is 5.69 Å². The first kappa shape index (κ1) is 24.7. The van der Waals surface area contributed by atoms with Gasteiger partial charge >= 0.3 is 0 Å². The smallest absolute Gasteiger partial charge is 0.255 e. The van der Waals surface area contributed by atoms with Gasteiger partial charge in [0.15, 0.2) is 11.5 Å². The highest BCUT2D eigenvalue weighted by Gasteiger charge is 2.18. The lowest BCUT2D eigenvalue weighted by atomic mass is 10.1. The van der Waals surface area contributed by atoms with E-state index in [2.05, 4.69) is 5.32 Å². The van der Waals surface area contributed by atoms with Crippen LogP contribution in [-0.4, -0.2) is 45.9 Å². The largest absolute Gasteiger partial charge is 0.497 e. The molecule has 0 unspecified atom stereocenters. The second kappa shape index (κ2) is 10.9. The number of pyridine rings is 1. The van der Waals surface area contributed by atoms with Crippen molar-refractivity contribution in [3.8, 4) is 40.0 Å². The third-order valence-electron chi connectivity index (χ3n) is 5.64. The third kappa shape index (κ3) is 4.98. The van der Waals surface area contributed by atoms with Crippen molar-refractivity contribution in [2.75, 3.05) is 40.4 Å². The number of ether oxygens (including phenoxy) is 5. The Labute approximate surface area is 209 Å². The standard InChI is InChI=1S/C28H28N2O6/c1-6-36-24-16-23(17-7-10-20(32-2)11-8-17)30-22-12-9-19(15-21(22)24)29-28(31)18-13-25(33-3)27(35-5)26(14-18)34-4/h7-16H,6H2,1-5H3,(H,29,31). The van der Waals surface area contributed by atoms with Gasteiger partial charge in [-0.1, -0.05) is 0 Å². The zero-order valence-electron chi connectivity index (χ0n) is 20.9. The van der Waals surface area contributed by atoms with E-state index in [0.29, 0.717) is 40.9 Å². The molecule has 3 aromatic carbocycles. The van der Waals surface area contributed by atoms with Crippen LogP contribution in [0.5, 0.6) is 28.7 Å². The molecule has 1 heterocycles. The quantitative estimate of drug-likeness (QED) is 0.329. The minimum absolute atomic E-state index is 0.325. The second-order valence-corrected chi connectivity index (χ2v) is 7.77. The van der Waals surface area contributed by atoms with E-state index in [1.807, 2.05) is 49.4 Å². The van der Waals surface area contributed by atoms with Crippen molar-refractivity contribution >= 4 is 22.5 Å². The van der Waals surface area contributed by atoms with Gasteiger partial charge in [0.1, 0.15) is 11.5 Å². The Morgan fingerprint density at radius 2 is 1.50 bits per heavy atom. The van der Waals surface area contributed by atoms with Gasteiger partial charge in [-0.25, -0.2) is 4.98 Å². The molecule has 1 amide bonds. The lowest BCUT2D eigenvalue weighted by Gasteiger charge is -2.15. The molecule has 0 radical (unpaired) electrons. The molecule has 0 fully saturated rings. The normalized spacial score (nSPS) is 10.6. The number of methoxy groups -OCH3 is 4. The van der Waals surface area contributed by atoms with E-state index in [9.17, 15) is 4.79 Å². The summed E-state index contributed by atoms with van der Waals surface area (Å²) in [6, 6.07) is 18.3. The van der Waals surface area contributed by atoms with Gasteiger partial charge in [-0.15, -0.1) is 0 Å². The van der Waals surface area contributed by atoms with Gasteiger partial charge in [-0.2, -0.15) is 0 Å². The molecule has 0 aliphatic heterocycles. The van der Waals surface area contributed by atoms with Crippen LogP contribution in [0.25, 0.3) is 22.2 Å². The highest BCUT2D eigenvalue weighted by atomic mass is 16.5. The molecule has 0 aliphatic carbocycles. The predicted octanol–water partition coefficient (Wildman–Crippen LogP) is 5.59. The van der Waals surface area contributed by atoms with E-state index in [-0.39, 0.29) is 5.91 Å². The zero-order chi connectivity index (χ0) is 25.7. The Balaban J connectivity index is 1.68. The van der Waals surface area contributed by atoms with Crippen molar-refractivity contribution in [1.82, 2.24) is 4.98 Å². The van der Waals surface area contributed by atoms with E-state index in [1.54, 1.807) is 25.3 Å². The summed E-state index contributed by atoms with van der Waals surface area (Å²) in [4.78, 5) is 17.9. The van der Waals surface area contributed by atoms with Crippen LogP contribution in [0.3, 0.4) is 0 Å². The number of carbonyl (C=O) groups excluding carboxylic acids is 1. The Kier molecular flexibility index (Phi) is 7.44. The molecule has 0 spiro atoms. The number of anilines is 1. The van der Waals surface area contributed by atoms with Crippen molar-refractivity contribution in [2.45, 2.75) is 6.92 Å². The highest BCUT2D eigenvalue weighted by molar-refractivity contribution is 6.06. The molecule has 0 bridgehead atoms. The summed E-state index contributed by atoms with van der Waals surface area (Å²) < 4.78 is 27.3. The number of benzene rings is 3. The number of amides is 1. The monoisotopic (exact) mass is 488 g/mol. The van der Waals surface area contributed by atoms with E-state index < -0.39 is 0 Å². The van der Waals surface area contributed by atoms with Gasteiger partial charge in [0.05, 0.1) is 46.3 Å². The Morgan fingerprint density at radius 3 is 2.08 bits per heavy atom. The molecule has 36 heavy (non-hydrogen) atoms. The summed E-state index contributed by atoms with van der Waals surface area (Å²) in [6.45, 7) is 2.42. The van der Waals surface area contributed by atoms with E-state index in [4.69, 9.17) is 28.7 Å². The van der Waals surface area contributed by atoms with Crippen molar-refractivity contribution in [2.24, 2.45) is 0 Å². The maximum absolute atomic E-state index is 13.1. The summed E-state index contributed by atoms with van der Waals surface area (Å²) in [5.41, 5.74) is 3.43. The number of carbonyl (C=O) groups is 1. The molecule has 1 aromatic heterocycles. The molecule has 8 heteroatoms. The molecular weight excluding hydrogens is 460 g/mol. The lowest BCUT2D eigenvalue weighted by molar-refractivity contribution is 0.102. The lowest BCUT2D eigenvalue weighted by Crippen LogP contribution is -2.12. The van der Waals surface area contributed by atoms with Crippen LogP contribution in [0, 0.1) is 0 Å². The van der Waals surface area contributed by atoms with Crippen LogP contribution < -0.4 is 29.0 Å². The fraction of sp³-hybridized carbons (Fsp3) is 0.214. The fourth-order valence-electron chi connectivity index (χ4n) is 3.87. The number of nitrogens with zero attached hydrogens (tertiary/aromatic N) is 1. The highest BCUT2D eigenvalue weighted by Crippen LogP contribution is 2.38. The summed E-state index contributed by atoms with van der Waals surface area (Å²) in [6.07, 6.45) is 0. The van der Waals surface area contributed by atoms with Gasteiger partial charge in [-0.3, -0.25) is 4.79 Å². The Morgan fingerprint density at radius 1 is 0.806 bits per heavy atom. The number of fused-ring (bicyclic) bond motifs is 1.